The Kier molecular flexibility index (Phi) is 6.08. The zero-order valence-electron chi connectivity index (χ0n) is 17.8. The molecule has 0 aliphatic heterocycles. The van der Waals surface area contributed by atoms with Gasteiger partial charge in [0.15, 0.2) is 0 Å². The molecule has 0 unspecified atom stereocenters. The number of sulfone groups is 2. The van der Waals surface area contributed by atoms with Crippen molar-refractivity contribution in [3.8, 4) is 17.5 Å². The molecule has 0 aliphatic carbocycles. The number of rotatable bonds is 6. The Balaban J connectivity index is 1.86. The highest BCUT2D eigenvalue weighted by molar-refractivity contribution is 7.94. The molecule has 172 valence electrons. The Morgan fingerprint density at radius 3 is 2.12 bits per heavy atom. The van der Waals surface area contributed by atoms with Gasteiger partial charge < -0.3 is 4.42 Å². The van der Waals surface area contributed by atoms with Gasteiger partial charge in [0.1, 0.15) is 5.82 Å². The van der Waals surface area contributed by atoms with E-state index in [1.54, 1.807) is 24.3 Å². The second kappa shape index (κ2) is 8.85. The Hall–Kier alpha value is -3.81. The lowest BCUT2D eigenvalue weighted by molar-refractivity contribution is 0.444. The van der Waals surface area contributed by atoms with Gasteiger partial charge in [-0.05, 0) is 61.0 Å². The van der Waals surface area contributed by atoms with Gasteiger partial charge in [0.05, 0.1) is 22.3 Å². The predicted molar refractivity (Wildman–Crippen MR) is 121 cm³/mol. The lowest BCUT2D eigenvalue weighted by atomic mass is 10.1. The summed E-state index contributed by atoms with van der Waals surface area (Å²) in [5.74, 6) is -1.40. The van der Waals surface area contributed by atoms with E-state index in [2.05, 4.69) is 4.98 Å². The highest BCUT2D eigenvalue weighted by Gasteiger charge is 2.35. The molecule has 7 nitrogen and oxygen atoms in total. The maximum Gasteiger partial charge on any atom is 0.258 e. The summed E-state index contributed by atoms with van der Waals surface area (Å²) in [5.41, 5.74) is 2.00. The van der Waals surface area contributed by atoms with Crippen LogP contribution in [0.15, 0.2) is 92.2 Å². The van der Waals surface area contributed by atoms with Crippen molar-refractivity contribution in [3.05, 3.63) is 95.3 Å². The standard InChI is InChI=1S/C24H17FN2O5S2/c1-16-2-8-19(9-3-16)22-27-23(34(30,31)21-12-10-20(25)11-13-21)24(32-22)33(28,29)15-18-6-4-17(14-26)5-7-18/h2-13H,15H2,1H3. The molecule has 0 atom stereocenters. The molecule has 0 bridgehead atoms. The molecule has 0 aliphatic rings. The summed E-state index contributed by atoms with van der Waals surface area (Å²) in [6, 6.07) is 18.5. The van der Waals surface area contributed by atoms with Crippen LogP contribution >= 0.6 is 0 Å². The summed E-state index contributed by atoms with van der Waals surface area (Å²) in [6.07, 6.45) is 0. The average molecular weight is 497 g/mol. The first-order chi connectivity index (χ1) is 16.1. The van der Waals surface area contributed by atoms with Crippen molar-refractivity contribution in [1.29, 1.82) is 5.26 Å². The molecular weight excluding hydrogens is 479 g/mol. The van der Waals surface area contributed by atoms with Gasteiger partial charge in [-0.1, -0.05) is 29.8 Å². The van der Waals surface area contributed by atoms with Crippen molar-refractivity contribution in [2.75, 3.05) is 0 Å². The molecule has 0 amide bonds. The Bertz CT molecular complexity index is 1600. The summed E-state index contributed by atoms with van der Waals surface area (Å²) < 4.78 is 72.1. The zero-order chi connectivity index (χ0) is 24.5. The third-order valence-electron chi connectivity index (χ3n) is 4.97. The lowest BCUT2D eigenvalue weighted by Gasteiger charge is -2.05. The van der Waals surface area contributed by atoms with Crippen molar-refractivity contribution >= 4 is 19.7 Å². The topological polar surface area (TPSA) is 118 Å². The van der Waals surface area contributed by atoms with Gasteiger partial charge >= 0.3 is 0 Å². The summed E-state index contributed by atoms with van der Waals surface area (Å²) in [5, 5.41) is 7.35. The fourth-order valence-corrected chi connectivity index (χ4v) is 6.34. The van der Waals surface area contributed by atoms with E-state index in [1.807, 2.05) is 13.0 Å². The van der Waals surface area contributed by atoms with Crippen LogP contribution < -0.4 is 0 Å². The van der Waals surface area contributed by atoms with Crippen molar-refractivity contribution in [1.82, 2.24) is 4.98 Å². The van der Waals surface area contributed by atoms with Crippen molar-refractivity contribution < 1.29 is 25.6 Å². The van der Waals surface area contributed by atoms with Gasteiger partial charge in [-0.3, -0.25) is 0 Å². The van der Waals surface area contributed by atoms with E-state index in [4.69, 9.17) is 9.68 Å². The van der Waals surface area contributed by atoms with Crippen molar-refractivity contribution in [3.63, 3.8) is 0 Å². The van der Waals surface area contributed by atoms with Crippen LogP contribution in [-0.4, -0.2) is 21.8 Å². The fourth-order valence-electron chi connectivity index (χ4n) is 3.16. The van der Waals surface area contributed by atoms with Gasteiger partial charge in [-0.25, -0.2) is 21.2 Å². The lowest BCUT2D eigenvalue weighted by Crippen LogP contribution is -2.11. The Morgan fingerprint density at radius 2 is 1.53 bits per heavy atom. The summed E-state index contributed by atoms with van der Waals surface area (Å²) in [7, 11) is -8.79. The first kappa shape index (κ1) is 23.4. The van der Waals surface area contributed by atoms with E-state index in [1.165, 1.54) is 24.3 Å². The Labute approximate surface area is 196 Å². The number of halogens is 1. The molecule has 0 radical (unpaired) electrons. The molecule has 0 saturated heterocycles. The highest BCUT2D eigenvalue weighted by Crippen LogP contribution is 2.33. The third kappa shape index (κ3) is 4.62. The van der Waals surface area contributed by atoms with Gasteiger partial charge in [-0.2, -0.15) is 10.2 Å². The minimum absolute atomic E-state index is 0.181. The number of nitrogens with zero attached hydrogens (tertiary/aromatic N) is 2. The number of nitriles is 1. The minimum Gasteiger partial charge on any atom is -0.423 e. The molecule has 0 saturated carbocycles. The number of hydrogen-bond acceptors (Lipinski definition) is 7. The van der Waals surface area contributed by atoms with Crippen LogP contribution in [-0.2, 0) is 25.4 Å². The molecule has 34 heavy (non-hydrogen) atoms. The predicted octanol–water partition coefficient (Wildman–Crippen LogP) is 4.47. The van der Waals surface area contributed by atoms with E-state index < -0.39 is 41.4 Å². The number of oxazole rings is 1. The summed E-state index contributed by atoms with van der Waals surface area (Å²) >= 11 is 0. The largest absolute Gasteiger partial charge is 0.423 e. The number of aryl methyl sites for hydroxylation is 1. The molecule has 10 heteroatoms. The third-order valence-corrected chi connectivity index (χ3v) is 8.33. The maximum atomic E-state index is 13.4. The van der Waals surface area contributed by atoms with Crippen LogP contribution in [0.4, 0.5) is 4.39 Å². The smallest absolute Gasteiger partial charge is 0.258 e. The normalized spacial score (nSPS) is 11.8. The molecule has 0 fully saturated rings. The second-order valence-electron chi connectivity index (χ2n) is 7.50. The maximum absolute atomic E-state index is 13.4. The van der Waals surface area contributed by atoms with E-state index >= 15 is 0 Å². The number of hydrogen-bond donors (Lipinski definition) is 0. The first-order valence-electron chi connectivity index (χ1n) is 9.90. The SMILES string of the molecule is Cc1ccc(-c2nc(S(=O)(=O)c3ccc(F)cc3)c(S(=O)(=O)Cc3ccc(C#N)cc3)o2)cc1. The van der Waals surface area contributed by atoms with Crippen LogP contribution in [0.25, 0.3) is 11.5 Å². The van der Waals surface area contributed by atoms with E-state index in [9.17, 15) is 21.2 Å². The molecule has 0 spiro atoms. The average Bonchev–Trinajstić information content (AvgIpc) is 3.28. The molecule has 4 aromatic rings. The van der Waals surface area contributed by atoms with Crippen molar-refractivity contribution in [2.24, 2.45) is 0 Å². The van der Waals surface area contributed by atoms with Crippen LogP contribution in [0.2, 0.25) is 0 Å². The highest BCUT2D eigenvalue weighted by atomic mass is 32.2. The van der Waals surface area contributed by atoms with Crippen LogP contribution in [0.5, 0.6) is 0 Å². The van der Waals surface area contributed by atoms with Gasteiger partial charge in [0, 0.05) is 5.56 Å². The second-order valence-corrected chi connectivity index (χ2v) is 11.3. The van der Waals surface area contributed by atoms with E-state index in [0.717, 1.165) is 29.8 Å². The summed E-state index contributed by atoms with van der Waals surface area (Å²) in [6.45, 7) is 1.86. The molecule has 1 aromatic heterocycles. The zero-order valence-corrected chi connectivity index (χ0v) is 19.4. The summed E-state index contributed by atoms with van der Waals surface area (Å²) in [4.78, 5) is 3.72. The molecule has 0 N–H and O–H groups in total. The quantitative estimate of drug-likeness (QED) is 0.361. The molecule has 1 heterocycles. The van der Waals surface area contributed by atoms with Crippen molar-refractivity contribution in [2.45, 2.75) is 27.7 Å². The van der Waals surface area contributed by atoms with Crippen LogP contribution in [0.3, 0.4) is 0 Å². The Morgan fingerprint density at radius 1 is 0.912 bits per heavy atom. The van der Waals surface area contributed by atoms with Gasteiger partial charge in [-0.15, -0.1) is 0 Å². The van der Waals surface area contributed by atoms with Gasteiger partial charge in [0.25, 0.3) is 5.09 Å². The van der Waals surface area contributed by atoms with Crippen LogP contribution in [0, 0.1) is 24.1 Å². The van der Waals surface area contributed by atoms with Crippen LogP contribution in [0.1, 0.15) is 16.7 Å². The monoisotopic (exact) mass is 496 g/mol. The van der Waals surface area contributed by atoms with E-state index in [0.29, 0.717) is 16.7 Å². The van der Waals surface area contributed by atoms with Gasteiger partial charge in [0.2, 0.25) is 30.6 Å². The fraction of sp³-hybridized carbons (Fsp3) is 0.0833. The number of benzene rings is 3. The molecular formula is C24H17FN2O5S2. The molecule has 4 rings (SSSR count). The number of aromatic nitrogens is 1. The molecule has 3 aromatic carbocycles. The minimum atomic E-state index is -4.46. The first-order valence-corrected chi connectivity index (χ1v) is 13.0. The van der Waals surface area contributed by atoms with E-state index in [-0.39, 0.29) is 10.8 Å².